The highest BCUT2D eigenvalue weighted by atomic mass is 16.5. The van der Waals surface area contributed by atoms with Crippen molar-refractivity contribution in [3.63, 3.8) is 0 Å². The minimum atomic E-state index is 0.0931. The lowest BCUT2D eigenvalue weighted by Gasteiger charge is -2.15. The van der Waals surface area contributed by atoms with Crippen LogP contribution < -0.4 is 5.32 Å². The zero-order valence-corrected chi connectivity index (χ0v) is 12.7. The first-order chi connectivity index (χ1) is 9.61. The fraction of sp³-hybridized carbons (Fsp3) is 0.733. The lowest BCUT2D eigenvalue weighted by molar-refractivity contribution is -0.121. The number of carbonyl (C=O) groups is 1. The molecule has 20 heavy (non-hydrogen) atoms. The Morgan fingerprint density at radius 3 is 3.00 bits per heavy atom. The topological polar surface area (TPSA) is 56.2 Å². The highest BCUT2D eigenvalue weighted by molar-refractivity contribution is 5.76. The van der Waals surface area contributed by atoms with E-state index in [1.165, 1.54) is 11.3 Å². The van der Waals surface area contributed by atoms with E-state index in [1.807, 2.05) is 13.8 Å². The van der Waals surface area contributed by atoms with Gasteiger partial charge in [-0.15, -0.1) is 0 Å². The van der Waals surface area contributed by atoms with Crippen LogP contribution in [0, 0.1) is 0 Å². The molecule has 0 aromatic carbocycles. The molecular weight excluding hydrogens is 254 g/mol. The van der Waals surface area contributed by atoms with Crippen LogP contribution in [0.4, 0.5) is 0 Å². The van der Waals surface area contributed by atoms with Crippen LogP contribution in [0.1, 0.15) is 50.6 Å². The summed E-state index contributed by atoms with van der Waals surface area (Å²) in [4.78, 5) is 11.8. The van der Waals surface area contributed by atoms with Gasteiger partial charge in [-0.2, -0.15) is 5.10 Å². The van der Waals surface area contributed by atoms with Crippen molar-refractivity contribution < 1.29 is 9.53 Å². The number of fused-ring (bicyclic) bond motifs is 1. The molecule has 1 amide bonds. The summed E-state index contributed by atoms with van der Waals surface area (Å²) in [5, 5.41) is 7.61. The van der Waals surface area contributed by atoms with Crippen molar-refractivity contribution in [3.8, 4) is 0 Å². The molecule has 2 heterocycles. The normalized spacial score (nSPS) is 14.4. The molecule has 1 N–H and O–H groups in total. The van der Waals surface area contributed by atoms with Crippen molar-refractivity contribution in [2.45, 2.75) is 65.6 Å². The minimum Gasteiger partial charge on any atom is -0.376 e. The fourth-order valence-electron chi connectivity index (χ4n) is 2.60. The molecule has 0 radical (unpaired) electrons. The van der Waals surface area contributed by atoms with Crippen molar-refractivity contribution in [2.75, 3.05) is 6.61 Å². The van der Waals surface area contributed by atoms with Crippen LogP contribution in [0.25, 0.3) is 0 Å². The van der Waals surface area contributed by atoms with Crippen LogP contribution in [-0.4, -0.2) is 28.3 Å². The van der Waals surface area contributed by atoms with Crippen molar-refractivity contribution >= 4 is 5.91 Å². The van der Waals surface area contributed by atoms with Crippen LogP contribution in [0.2, 0.25) is 0 Å². The number of carbonyl (C=O) groups excluding carboxylic acids is 1. The lowest BCUT2D eigenvalue weighted by Crippen LogP contribution is -2.30. The zero-order valence-electron chi connectivity index (χ0n) is 12.7. The van der Waals surface area contributed by atoms with E-state index in [9.17, 15) is 4.79 Å². The summed E-state index contributed by atoms with van der Waals surface area (Å²) in [5.41, 5.74) is 3.55. The number of rotatable bonds is 6. The minimum absolute atomic E-state index is 0.0931. The molecule has 5 heteroatoms. The summed E-state index contributed by atoms with van der Waals surface area (Å²) in [7, 11) is 0. The van der Waals surface area contributed by atoms with Gasteiger partial charge < -0.3 is 10.1 Å². The molecule has 0 atom stereocenters. The molecule has 5 nitrogen and oxygen atoms in total. The van der Waals surface area contributed by atoms with Crippen molar-refractivity contribution in [1.82, 2.24) is 15.1 Å². The summed E-state index contributed by atoms with van der Waals surface area (Å²) >= 11 is 0. The fourth-order valence-corrected chi connectivity index (χ4v) is 2.60. The second-order valence-electron chi connectivity index (χ2n) is 5.62. The zero-order chi connectivity index (χ0) is 14.5. The van der Waals surface area contributed by atoms with Crippen LogP contribution in [-0.2, 0) is 35.5 Å². The Labute approximate surface area is 120 Å². The van der Waals surface area contributed by atoms with E-state index in [-0.39, 0.29) is 11.9 Å². The number of hydrogen-bond donors (Lipinski definition) is 1. The van der Waals surface area contributed by atoms with E-state index < -0.39 is 0 Å². The Kier molecular flexibility index (Phi) is 5.17. The van der Waals surface area contributed by atoms with Gasteiger partial charge in [0.05, 0.1) is 18.9 Å². The Morgan fingerprint density at radius 1 is 1.50 bits per heavy atom. The standard InChI is InChI=1S/C15H25N3O2/c1-4-8-18-14-7-9-20-10-12(14)13(17-18)5-6-15(19)16-11(2)3/h11H,4-10H2,1-3H3,(H,16,19). The van der Waals surface area contributed by atoms with Gasteiger partial charge in [-0.25, -0.2) is 0 Å². The van der Waals surface area contributed by atoms with Gasteiger partial charge in [0.25, 0.3) is 0 Å². The predicted octanol–water partition coefficient (Wildman–Crippen LogP) is 1.82. The number of nitrogens with zero attached hydrogens (tertiary/aromatic N) is 2. The quantitative estimate of drug-likeness (QED) is 0.864. The number of amides is 1. The van der Waals surface area contributed by atoms with Crippen LogP contribution in [0.5, 0.6) is 0 Å². The first kappa shape index (κ1) is 15.0. The van der Waals surface area contributed by atoms with Gasteiger partial charge >= 0.3 is 0 Å². The number of aryl methyl sites for hydroxylation is 2. The molecule has 112 valence electrons. The number of nitrogens with one attached hydrogen (secondary N) is 1. The Hall–Kier alpha value is -1.36. The van der Waals surface area contributed by atoms with E-state index in [0.29, 0.717) is 19.4 Å². The molecule has 0 saturated carbocycles. The van der Waals surface area contributed by atoms with Crippen molar-refractivity contribution in [1.29, 1.82) is 0 Å². The van der Waals surface area contributed by atoms with E-state index in [1.54, 1.807) is 0 Å². The first-order valence-corrected chi connectivity index (χ1v) is 7.56. The van der Waals surface area contributed by atoms with Gasteiger partial charge in [0.1, 0.15) is 0 Å². The Morgan fingerprint density at radius 2 is 2.30 bits per heavy atom. The summed E-state index contributed by atoms with van der Waals surface area (Å²) in [6.45, 7) is 8.46. The number of aromatic nitrogens is 2. The molecule has 2 rings (SSSR count). The average Bonchev–Trinajstić information content (AvgIpc) is 2.75. The maximum Gasteiger partial charge on any atom is 0.220 e. The van der Waals surface area contributed by atoms with Gasteiger partial charge in [-0.1, -0.05) is 6.92 Å². The first-order valence-electron chi connectivity index (χ1n) is 7.56. The molecule has 0 saturated heterocycles. The smallest absolute Gasteiger partial charge is 0.220 e. The molecule has 0 bridgehead atoms. The van der Waals surface area contributed by atoms with E-state index in [2.05, 4.69) is 22.0 Å². The summed E-state index contributed by atoms with van der Waals surface area (Å²) in [5.74, 6) is 0.0931. The summed E-state index contributed by atoms with van der Waals surface area (Å²) < 4.78 is 7.65. The molecule has 0 aliphatic carbocycles. The van der Waals surface area contributed by atoms with Crippen molar-refractivity contribution in [2.24, 2.45) is 0 Å². The summed E-state index contributed by atoms with van der Waals surface area (Å²) in [6, 6.07) is 0.192. The number of hydrogen-bond acceptors (Lipinski definition) is 3. The third kappa shape index (κ3) is 3.60. The second kappa shape index (κ2) is 6.88. The molecule has 0 fully saturated rings. The molecule has 0 unspecified atom stereocenters. The van der Waals surface area contributed by atoms with Crippen molar-refractivity contribution in [3.05, 3.63) is 17.0 Å². The molecule has 1 aliphatic heterocycles. The maximum atomic E-state index is 11.8. The Balaban J connectivity index is 2.05. The molecule has 1 aromatic rings. The molecule has 1 aromatic heterocycles. The molecular formula is C15H25N3O2. The number of ether oxygens (including phenoxy) is 1. The molecule has 0 spiro atoms. The van der Waals surface area contributed by atoms with Crippen LogP contribution in [0.3, 0.4) is 0 Å². The third-order valence-electron chi connectivity index (χ3n) is 3.45. The molecule has 1 aliphatic rings. The highest BCUT2D eigenvalue weighted by Gasteiger charge is 2.21. The predicted molar refractivity (Wildman–Crippen MR) is 77.5 cm³/mol. The van der Waals surface area contributed by atoms with Gasteiger partial charge in [0.2, 0.25) is 5.91 Å². The van der Waals surface area contributed by atoms with Gasteiger partial charge in [0, 0.05) is 43.1 Å². The maximum absolute atomic E-state index is 11.8. The second-order valence-corrected chi connectivity index (χ2v) is 5.62. The van der Waals surface area contributed by atoms with Gasteiger partial charge in [-0.3, -0.25) is 9.48 Å². The Bertz CT molecular complexity index is 466. The van der Waals surface area contributed by atoms with E-state index >= 15 is 0 Å². The monoisotopic (exact) mass is 279 g/mol. The van der Waals surface area contributed by atoms with Crippen LogP contribution >= 0.6 is 0 Å². The van der Waals surface area contributed by atoms with E-state index in [0.717, 1.165) is 31.7 Å². The largest absolute Gasteiger partial charge is 0.376 e. The summed E-state index contributed by atoms with van der Waals surface area (Å²) in [6.07, 6.45) is 3.19. The van der Waals surface area contributed by atoms with Gasteiger partial charge in [0.15, 0.2) is 0 Å². The third-order valence-corrected chi connectivity index (χ3v) is 3.45. The van der Waals surface area contributed by atoms with E-state index in [4.69, 9.17) is 4.74 Å². The van der Waals surface area contributed by atoms with Gasteiger partial charge in [-0.05, 0) is 20.3 Å². The average molecular weight is 279 g/mol. The SMILES string of the molecule is CCCn1nc(CCC(=O)NC(C)C)c2c1CCOC2. The lowest BCUT2D eigenvalue weighted by atomic mass is 10.1. The van der Waals surface area contributed by atoms with Crippen LogP contribution in [0.15, 0.2) is 0 Å². The highest BCUT2D eigenvalue weighted by Crippen LogP contribution is 2.22.